The van der Waals surface area contributed by atoms with Gasteiger partial charge in [-0.2, -0.15) is 0 Å². The van der Waals surface area contributed by atoms with Crippen molar-refractivity contribution in [2.24, 2.45) is 5.41 Å². The van der Waals surface area contributed by atoms with E-state index < -0.39 is 6.16 Å². The minimum absolute atomic E-state index is 0.121. The third kappa shape index (κ3) is 3.72. The minimum atomic E-state index is -0.626. The van der Waals surface area contributed by atoms with Crippen LogP contribution in [-0.4, -0.2) is 13.3 Å². The van der Waals surface area contributed by atoms with E-state index in [1.54, 1.807) is 0 Å². The molecule has 1 atom stereocenters. The fourth-order valence-corrected chi connectivity index (χ4v) is 2.06. The van der Waals surface area contributed by atoms with Crippen LogP contribution >= 0.6 is 0 Å². The maximum Gasteiger partial charge on any atom is 0.513 e. The first-order chi connectivity index (χ1) is 7.59. The molecule has 0 N–H and O–H groups in total. The van der Waals surface area contributed by atoms with Gasteiger partial charge in [-0.15, -0.1) is 6.58 Å². The van der Waals surface area contributed by atoms with Gasteiger partial charge in [-0.1, -0.05) is 13.0 Å². The van der Waals surface area contributed by atoms with Gasteiger partial charge in [0.15, 0.2) is 0 Å². The molecule has 0 fully saturated rings. The molecule has 0 spiro atoms. The van der Waals surface area contributed by atoms with E-state index in [0.29, 0.717) is 0 Å². The zero-order valence-electron chi connectivity index (χ0n) is 10.1. The van der Waals surface area contributed by atoms with Crippen LogP contribution in [0, 0.1) is 5.41 Å². The van der Waals surface area contributed by atoms with Crippen molar-refractivity contribution in [3.8, 4) is 0 Å². The predicted octanol–water partition coefficient (Wildman–Crippen LogP) is 3.81. The van der Waals surface area contributed by atoms with Gasteiger partial charge < -0.3 is 9.47 Å². The molecular formula is C13H20O3. The number of hydrogen-bond acceptors (Lipinski definition) is 3. The highest BCUT2D eigenvalue weighted by Gasteiger charge is 2.26. The monoisotopic (exact) mass is 224 g/mol. The molecule has 0 aromatic rings. The molecule has 0 saturated carbocycles. The normalized spacial score (nSPS) is 24.5. The van der Waals surface area contributed by atoms with Crippen LogP contribution in [0.1, 0.15) is 39.0 Å². The molecule has 0 aromatic heterocycles. The molecule has 0 aliphatic heterocycles. The van der Waals surface area contributed by atoms with E-state index in [9.17, 15) is 4.79 Å². The molecule has 1 unspecified atom stereocenters. The average Bonchev–Trinajstić information content (AvgIpc) is 2.26. The van der Waals surface area contributed by atoms with Gasteiger partial charge in [0.2, 0.25) is 0 Å². The van der Waals surface area contributed by atoms with Gasteiger partial charge in [0, 0.05) is 6.42 Å². The van der Waals surface area contributed by atoms with Crippen LogP contribution in [0.2, 0.25) is 0 Å². The van der Waals surface area contributed by atoms with E-state index in [4.69, 9.17) is 4.74 Å². The molecule has 90 valence electrons. The first-order valence-corrected chi connectivity index (χ1v) is 5.68. The Morgan fingerprint density at radius 3 is 3.06 bits per heavy atom. The van der Waals surface area contributed by atoms with Crippen molar-refractivity contribution in [2.75, 3.05) is 7.11 Å². The van der Waals surface area contributed by atoms with Crippen LogP contribution in [0.4, 0.5) is 4.79 Å². The summed E-state index contributed by atoms with van der Waals surface area (Å²) in [4.78, 5) is 11.0. The van der Waals surface area contributed by atoms with Gasteiger partial charge in [-0.05, 0) is 37.2 Å². The molecule has 1 aliphatic rings. The van der Waals surface area contributed by atoms with Crippen LogP contribution in [-0.2, 0) is 9.47 Å². The summed E-state index contributed by atoms with van der Waals surface area (Å²) in [6, 6.07) is 0. The SMILES string of the molecule is C=CCCC1(C)C=C(OC(=O)OC)CCC1. The number of carbonyl (C=O) groups is 1. The Morgan fingerprint density at radius 2 is 2.44 bits per heavy atom. The van der Waals surface area contributed by atoms with Gasteiger partial charge in [0.05, 0.1) is 7.11 Å². The Kier molecular flexibility index (Phi) is 4.59. The third-order valence-corrected chi connectivity index (χ3v) is 2.98. The molecule has 3 nitrogen and oxygen atoms in total. The lowest BCUT2D eigenvalue weighted by atomic mass is 9.77. The summed E-state index contributed by atoms with van der Waals surface area (Å²) in [6.07, 6.45) is 8.40. The average molecular weight is 224 g/mol. The molecule has 0 aromatic carbocycles. The van der Waals surface area contributed by atoms with E-state index in [1.807, 2.05) is 6.08 Å². The Labute approximate surface area is 97.1 Å². The van der Waals surface area contributed by atoms with Crippen molar-refractivity contribution in [3.63, 3.8) is 0 Å². The van der Waals surface area contributed by atoms with E-state index in [2.05, 4.69) is 24.3 Å². The highest BCUT2D eigenvalue weighted by Crippen LogP contribution is 2.38. The Hall–Kier alpha value is -1.25. The Bertz CT molecular complexity index is 294. The van der Waals surface area contributed by atoms with Crippen molar-refractivity contribution in [2.45, 2.75) is 39.0 Å². The summed E-state index contributed by atoms with van der Waals surface area (Å²) in [5.74, 6) is 0.740. The van der Waals surface area contributed by atoms with Gasteiger partial charge in [-0.3, -0.25) is 0 Å². The van der Waals surface area contributed by atoms with Crippen LogP contribution in [0.5, 0.6) is 0 Å². The van der Waals surface area contributed by atoms with Gasteiger partial charge in [0.25, 0.3) is 0 Å². The van der Waals surface area contributed by atoms with Gasteiger partial charge in [0.1, 0.15) is 5.76 Å². The quantitative estimate of drug-likeness (QED) is 0.538. The van der Waals surface area contributed by atoms with E-state index in [-0.39, 0.29) is 5.41 Å². The second-order valence-corrected chi connectivity index (χ2v) is 4.50. The van der Waals surface area contributed by atoms with Crippen LogP contribution in [0.15, 0.2) is 24.5 Å². The summed E-state index contributed by atoms with van der Waals surface area (Å²) in [7, 11) is 1.32. The van der Waals surface area contributed by atoms with Crippen molar-refractivity contribution in [3.05, 3.63) is 24.5 Å². The highest BCUT2D eigenvalue weighted by molar-refractivity contribution is 5.61. The topological polar surface area (TPSA) is 35.5 Å². The molecule has 1 rings (SSSR count). The van der Waals surface area contributed by atoms with Crippen molar-refractivity contribution in [1.82, 2.24) is 0 Å². The lowest BCUT2D eigenvalue weighted by Crippen LogP contribution is -2.19. The van der Waals surface area contributed by atoms with E-state index in [1.165, 1.54) is 7.11 Å². The molecule has 0 amide bonds. The second-order valence-electron chi connectivity index (χ2n) is 4.50. The highest BCUT2D eigenvalue weighted by atomic mass is 16.7. The molecule has 0 bridgehead atoms. The fraction of sp³-hybridized carbons (Fsp3) is 0.615. The maximum atomic E-state index is 11.0. The van der Waals surface area contributed by atoms with Crippen molar-refractivity contribution < 1.29 is 14.3 Å². The minimum Gasteiger partial charge on any atom is -0.437 e. The van der Waals surface area contributed by atoms with Crippen LogP contribution < -0.4 is 0 Å². The molecule has 0 saturated heterocycles. The summed E-state index contributed by atoms with van der Waals surface area (Å²) in [5.41, 5.74) is 0.121. The number of ether oxygens (including phenoxy) is 2. The Balaban J connectivity index is 2.63. The second kappa shape index (κ2) is 5.73. The van der Waals surface area contributed by atoms with E-state index in [0.717, 1.165) is 37.9 Å². The van der Waals surface area contributed by atoms with Crippen LogP contribution in [0.25, 0.3) is 0 Å². The Morgan fingerprint density at radius 1 is 1.69 bits per heavy atom. The number of rotatable bonds is 4. The first-order valence-electron chi connectivity index (χ1n) is 5.68. The maximum absolute atomic E-state index is 11.0. The number of allylic oxidation sites excluding steroid dienone is 3. The molecular weight excluding hydrogens is 204 g/mol. The summed E-state index contributed by atoms with van der Waals surface area (Å²) >= 11 is 0. The van der Waals surface area contributed by atoms with Crippen molar-refractivity contribution in [1.29, 1.82) is 0 Å². The number of methoxy groups -OCH3 is 1. The molecule has 0 heterocycles. The fourth-order valence-electron chi connectivity index (χ4n) is 2.06. The standard InChI is InChI=1S/C13H20O3/c1-4-5-8-13(2)9-6-7-11(10-13)16-12(14)15-3/h4,10H,1,5-9H2,2-3H3. The third-order valence-electron chi connectivity index (χ3n) is 2.98. The first kappa shape index (κ1) is 12.8. The smallest absolute Gasteiger partial charge is 0.437 e. The van der Waals surface area contributed by atoms with Gasteiger partial charge in [-0.25, -0.2) is 4.79 Å². The van der Waals surface area contributed by atoms with Crippen molar-refractivity contribution >= 4 is 6.16 Å². The zero-order valence-corrected chi connectivity index (χ0v) is 10.1. The van der Waals surface area contributed by atoms with Crippen LogP contribution in [0.3, 0.4) is 0 Å². The van der Waals surface area contributed by atoms with Gasteiger partial charge >= 0.3 is 6.16 Å². The number of carbonyl (C=O) groups excluding carboxylic acids is 1. The molecule has 0 radical (unpaired) electrons. The molecule has 16 heavy (non-hydrogen) atoms. The lowest BCUT2D eigenvalue weighted by molar-refractivity contribution is 0.0905. The number of hydrogen-bond donors (Lipinski definition) is 0. The largest absolute Gasteiger partial charge is 0.513 e. The zero-order chi connectivity index (χ0) is 12.0. The van der Waals surface area contributed by atoms with E-state index >= 15 is 0 Å². The molecule has 1 aliphatic carbocycles. The summed E-state index contributed by atoms with van der Waals surface area (Å²) in [6.45, 7) is 5.92. The lowest BCUT2D eigenvalue weighted by Gasteiger charge is -2.30. The summed E-state index contributed by atoms with van der Waals surface area (Å²) < 4.78 is 9.57. The predicted molar refractivity (Wildman–Crippen MR) is 63.0 cm³/mol. The summed E-state index contributed by atoms with van der Waals surface area (Å²) in [5, 5.41) is 0. The molecule has 3 heteroatoms.